The molecule has 3 aromatic carbocycles. The molecular formula is C37H46F3N5O3. The van der Waals surface area contributed by atoms with E-state index in [1.807, 2.05) is 66.7 Å². The molecule has 5 N–H and O–H groups in total. The molecule has 8 nitrogen and oxygen atoms in total. The van der Waals surface area contributed by atoms with Crippen LogP contribution in [0.4, 0.5) is 13.2 Å². The van der Waals surface area contributed by atoms with Gasteiger partial charge in [0.15, 0.2) is 0 Å². The lowest BCUT2D eigenvalue weighted by Gasteiger charge is -2.36. The highest BCUT2D eigenvalue weighted by atomic mass is 19.4. The molecule has 0 radical (unpaired) electrons. The zero-order valence-electron chi connectivity index (χ0n) is 27.2. The van der Waals surface area contributed by atoms with Crippen molar-refractivity contribution in [3.05, 3.63) is 95.6 Å². The second-order valence-electron chi connectivity index (χ2n) is 12.8. The molecule has 48 heavy (non-hydrogen) atoms. The van der Waals surface area contributed by atoms with Crippen molar-refractivity contribution in [3.8, 4) is 11.1 Å². The first-order valence-electron chi connectivity index (χ1n) is 16.9. The van der Waals surface area contributed by atoms with Crippen LogP contribution in [-0.4, -0.2) is 61.3 Å². The summed E-state index contributed by atoms with van der Waals surface area (Å²) >= 11 is 0. The first-order valence-corrected chi connectivity index (χ1v) is 16.9. The van der Waals surface area contributed by atoms with Gasteiger partial charge in [0.05, 0.1) is 6.54 Å². The van der Waals surface area contributed by atoms with Crippen molar-refractivity contribution in [2.45, 2.75) is 81.8 Å². The topological polar surface area (TPSA) is 109 Å². The third-order valence-corrected chi connectivity index (χ3v) is 9.38. The Hall–Kier alpha value is -3.77. The predicted molar refractivity (Wildman–Crippen MR) is 179 cm³/mol. The van der Waals surface area contributed by atoms with Gasteiger partial charge in [-0.05, 0) is 66.3 Å². The summed E-state index contributed by atoms with van der Waals surface area (Å²) in [7, 11) is 0. The zero-order chi connectivity index (χ0) is 34.0. The van der Waals surface area contributed by atoms with Gasteiger partial charge < -0.3 is 16.4 Å². The van der Waals surface area contributed by atoms with Crippen LogP contribution in [0.3, 0.4) is 0 Å². The predicted octanol–water partition coefficient (Wildman–Crippen LogP) is 5.56. The van der Waals surface area contributed by atoms with E-state index in [-0.39, 0.29) is 31.5 Å². The molecule has 1 fully saturated rings. The molecule has 1 aliphatic heterocycles. The Morgan fingerprint density at radius 2 is 1.60 bits per heavy atom. The number of hydrogen-bond acceptors (Lipinski definition) is 6. The maximum absolute atomic E-state index is 13.3. The standard InChI is InChI=1S/C37H46F3N5O3/c38-37(39,40)26-42-25-36(30-16-6-4-14-28(30)29-15-5-7-17-31(29)36)21-9-10-22-43-35(47)32(19-20-33(41)46)44-48-34-18-8-11-23-45(34)24-27-12-2-1-3-13-27/h1-7,12-17,32,34,42,44H,8-11,18-26H2,(H2,41,46)(H,43,47). The number of nitrogens with zero attached hydrogens (tertiary/aromatic N) is 1. The number of nitrogens with one attached hydrogen (secondary N) is 3. The highest BCUT2D eigenvalue weighted by Crippen LogP contribution is 2.51. The fraction of sp³-hybridized carbons (Fsp3) is 0.459. The Morgan fingerprint density at radius 3 is 2.27 bits per heavy atom. The summed E-state index contributed by atoms with van der Waals surface area (Å²) in [5, 5.41) is 5.66. The van der Waals surface area contributed by atoms with Gasteiger partial charge in [-0.25, -0.2) is 0 Å². The van der Waals surface area contributed by atoms with E-state index in [0.29, 0.717) is 25.8 Å². The second kappa shape index (κ2) is 16.6. The number of carbonyl (C=O) groups excluding carboxylic acids is 2. The van der Waals surface area contributed by atoms with Crippen molar-refractivity contribution < 1.29 is 27.6 Å². The van der Waals surface area contributed by atoms with Crippen LogP contribution in [0, 0.1) is 0 Å². The molecule has 2 amide bonds. The first-order chi connectivity index (χ1) is 23.2. The van der Waals surface area contributed by atoms with Crippen LogP contribution in [0.1, 0.15) is 68.1 Å². The Kier molecular flexibility index (Phi) is 12.3. The van der Waals surface area contributed by atoms with Crippen LogP contribution in [0.2, 0.25) is 0 Å². The largest absolute Gasteiger partial charge is 0.401 e. The Morgan fingerprint density at radius 1 is 0.938 bits per heavy atom. The summed E-state index contributed by atoms with van der Waals surface area (Å²) in [6.45, 7) is 1.05. The third kappa shape index (κ3) is 9.22. The van der Waals surface area contributed by atoms with Gasteiger partial charge in [0, 0.05) is 38.0 Å². The summed E-state index contributed by atoms with van der Waals surface area (Å²) in [4.78, 5) is 33.2. The number of hydrogen-bond donors (Lipinski definition) is 4. The average Bonchev–Trinajstić information content (AvgIpc) is 3.34. The van der Waals surface area contributed by atoms with Crippen molar-refractivity contribution in [3.63, 3.8) is 0 Å². The van der Waals surface area contributed by atoms with Crippen LogP contribution in [-0.2, 0) is 26.4 Å². The number of primary amides is 1. The Balaban J connectivity index is 1.18. The first kappa shape index (κ1) is 35.5. The minimum absolute atomic E-state index is 0.0269. The SMILES string of the molecule is NC(=O)CCC(NOC1CCCCN1Cc1ccccc1)C(=O)NCCCCC1(CNCC(F)(F)F)c2ccccc2-c2ccccc21. The van der Waals surface area contributed by atoms with E-state index in [1.165, 1.54) is 5.56 Å². The Bertz CT molecular complexity index is 1460. The minimum atomic E-state index is -4.32. The highest BCUT2D eigenvalue weighted by molar-refractivity contribution is 5.83. The number of carbonyl (C=O) groups is 2. The van der Waals surface area contributed by atoms with E-state index in [1.54, 1.807) is 0 Å². The molecule has 2 aliphatic rings. The number of piperidine rings is 1. The maximum atomic E-state index is 13.3. The van der Waals surface area contributed by atoms with E-state index < -0.39 is 30.1 Å². The Labute approximate surface area is 280 Å². The molecule has 0 spiro atoms. The minimum Gasteiger partial charge on any atom is -0.370 e. The average molecular weight is 666 g/mol. The number of rotatable bonds is 17. The van der Waals surface area contributed by atoms with Gasteiger partial charge >= 0.3 is 6.18 Å². The molecule has 5 rings (SSSR count). The van der Waals surface area contributed by atoms with Crippen LogP contribution < -0.4 is 21.8 Å². The molecule has 1 saturated heterocycles. The summed E-state index contributed by atoms with van der Waals surface area (Å²) in [6.07, 6.45) is 0.464. The summed E-state index contributed by atoms with van der Waals surface area (Å²) in [6, 6.07) is 25.2. The van der Waals surface area contributed by atoms with Gasteiger partial charge in [0.25, 0.3) is 0 Å². The van der Waals surface area contributed by atoms with Crippen molar-refractivity contribution in [2.24, 2.45) is 5.73 Å². The number of fused-ring (bicyclic) bond motifs is 3. The lowest BCUT2D eigenvalue weighted by atomic mass is 9.74. The lowest BCUT2D eigenvalue weighted by molar-refractivity contribution is -0.152. The smallest absolute Gasteiger partial charge is 0.370 e. The normalized spacial score (nSPS) is 17.8. The van der Waals surface area contributed by atoms with E-state index in [0.717, 1.165) is 54.6 Å². The van der Waals surface area contributed by atoms with Gasteiger partial charge in [-0.1, -0.05) is 85.3 Å². The number of amides is 2. The molecule has 2 atom stereocenters. The van der Waals surface area contributed by atoms with Crippen molar-refractivity contribution in [1.29, 1.82) is 0 Å². The number of nitrogens with two attached hydrogens (primary N) is 1. The molecule has 258 valence electrons. The van der Waals surface area contributed by atoms with Crippen molar-refractivity contribution >= 4 is 11.8 Å². The van der Waals surface area contributed by atoms with Gasteiger partial charge in [0.2, 0.25) is 11.8 Å². The molecule has 1 heterocycles. The number of alkyl halides is 3. The number of unbranched alkanes of at least 4 members (excludes halogenated alkanes) is 1. The monoisotopic (exact) mass is 665 g/mol. The van der Waals surface area contributed by atoms with Crippen molar-refractivity contribution in [2.75, 3.05) is 26.2 Å². The van der Waals surface area contributed by atoms with Crippen LogP contribution >= 0.6 is 0 Å². The number of halogens is 3. The number of likely N-dealkylation sites (tertiary alicyclic amines) is 1. The van der Waals surface area contributed by atoms with Crippen LogP contribution in [0.15, 0.2) is 78.9 Å². The fourth-order valence-corrected chi connectivity index (χ4v) is 7.05. The van der Waals surface area contributed by atoms with Crippen LogP contribution in [0.25, 0.3) is 11.1 Å². The summed E-state index contributed by atoms with van der Waals surface area (Å²) in [5.41, 5.74) is 13.0. The van der Waals surface area contributed by atoms with E-state index >= 15 is 0 Å². The summed E-state index contributed by atoms with van der Waals surface area (Å²) < 4.78 is 39.5. The highest BCUT2D eigenvalue weighted by Gasteiger charge is 2.43. The molecule has 11 heteroatoms. The molecule has 1 aliphatic carbocycles. The van der Waals surface area contributed by atoms with E-state index in [9.17, 15) is 22.8 Å². The molecule has 0 bridgehead atoms. The van der Waals surface area contributed by atoms with E-state index in [2.05, 4.69) is 33.1 Å². The van der Waals surface area contributed by atoms with Gasteiger partial charge in [-0.2, -0.15) is 18.7 Å². The lowest BCUT2D eigenvalue weighted by Crippen LogP contribution is -2.50. The zero-order valence-corrected chi connectivity index (χ0v) is 27.2. The molecule has 0 aromatic heterocycles. The third-order valence-electron chi connectivity index (χ3n) is 9.38. The number of benzene rings is 3. The molecule has 0 saturated carbocycles. The van der Waals surface area contributed by atoms with Gasteiger partial charge in [-0.15, -0.1) is 0 Å². The summed E-state index contributed by atoms with van der Waals surface area (Å²) in [5.74, 6) is -0.792. The van der Waals surface area contributed by atoms with Crippen LogP contribution in [0.5, 0.6) is 0 Å². The van der Waals surface area contributed by atoms with Gasteiger partial charge in [0.1, 0.15) is 12.3 Å². The molecular weight excluding hydrogens is 619 g/mol. The second-order valence-corrected chi connectivity index (χ2v) is 12.8. The molecule has 2 unspecified atom stereocenters. The van der Waals surface area contributed by atoms with Crippen molar-refractivity contribution in [1.82, 2.24) is 21.0 Å². The van der Waals surface area contributed by atoms with Gasteiger partial charge in [-0.3, -0.25) is 19.3 Å². The number of hydroxylamine groups is 1. The maximum Gasteiger partial charge on any atom is 0.401 e. The fourth-order valence-electron chi connectivity index (χ4n) is 7.05. The molecule has 3 aromatic rings. The van der Waals surface area contributed by atoms with E-state index in [4.69, 9.17) is 10.6 Å². The quantitative estimate of drug-likeness (QED) is 0.111.